The molecule has 0 spiro atoms. The van der Waals surface area contributed by atoms with Crippen LogP contribution in [-0.2, 0) is 4.79 Å². The van der Waals surface area contributed by atoms with Crippen LogP contribution in [0.3, 0.4) is 0 Å². The fraction of sp³-hybridized carbons (Fsp3) is 0.950. The normalized spacial score (nSPS) is 55.9. The molecule has 0 heterocycles. The number of rotatable bonds is 1. The van der Waals surface area contributed by atoms with Crippen LogP contribution in [0.2, 0.25) is 0 Å². The van der Waals surface area contributed by atoms with E-state index in [2.05, 4.69) is 13.8 Å². The summed E-state index contributed by atoms with van der Waals surface area (Å²) >= 11 is 0. The first-order valence-corrected chi connectivity index (χ1v) is 9.73. The van der Waals surface area contributed by atoms with Gasteiger partial charge in [-0.2, -0.15) is 0 Å². The second kappa shape index (κ2) is 5.29. The summed E-state index contributed by atoms with van der Waals surface area (Å²) < 4.78 is 0. The van der Waals surface area contributed by atoms with Crippen LogP contribution in [0.1, 0.15) is 65.2 Å². The van der Waals surface area contributed by atoms with Crippen molar-refractivity contribution in [2.75, 3.05) is 6.61 Å². The highest BCUT2D eigenvalue weighted by Crippen LogP contribution is 2.66. The minimum absolute atomic E-state index is 0.0361. The van der Waals surface area contributed by atoms with Crippen molar-refractivity contribution in [3.63, 3.8) is 0 Å². The van der Waals surface area contributed by atoms with Crippen molar-refractivity contribution in [1.82, 2.24) is 0 Å². The topological polar surface area (TPSA) is 57.5 Å². The SMILES string of the molecule is C[C@]12CC[C@@H](O)C[C@H]1CC[C@@H]1[C@@H]2CC[C@]2(C)C(=O)[C@@H](CO)C[C@@H]12. The highest BCUT2D eigenvalue weighted by Gasteiger charge is 2.62. The molecule has 0 aromatic rings. The lowest BCUT2D eigenvalue weighted by Gasteiger charge is -2.60. The Bertz CT molecular complexity index is 503. The summed E-state index contributed by atoms with van der Waals surface area (Å²) in [6.45, 7) is 4.70. The summed E-state index contributed by atoms with van der Waals surface area (Å²) in [5, 5.41) is 19.7. The molecule has 4 rings (SSSR count). The fourth-order valence-electron chi connectivity index (χ4n) is 7.33. The molecular formula is C20H32O3. The van der Waals surface area contributed by atoms with Gasteiger partial charge >= 0.3 is 0 Å². The maximum atomic E-state index is 12.8. The zero-order chi connectivity index (χ0) is 16.4. The monoisotopic (exact) mass is 320 g/mol. The second-order valence-corrected chi connectivity index (χ2v) is 9.52. The van der Waals surface area contributed by atoms with Crippen LogP contribution in [0.5, 0.6) is 0 Å². The van der Waals surface area contributed by atoms with E-state index in [-0.39, 0.29) is 24.0 Å². The van der Waals surface area contributed by atoms with E-state index in [1.807, 2.05) is 0 Å². The highest BCUT2D eigenvalue weighted by atomic mass is 16.3. The molecule has 0 saturated heterocycles. The number of ketones is 1. The van der Waals surface area contributed by atoms with Gasteiger partial charge in [-0.3, -0.25) is 4.79 Å². The molecule has 0 aliphatic heterocycles. The van der Waals surface area contributed by atoms with E-state index < -0.39 is 0 Å². The fourth-order valence-corrected chi connectivity index (χ4v) is 7.33. The Morgan fingerprint density at radius 3 is 2.57 bits per heavy atom. The van der Waals surface area contributed by atoms with Gasteiger partial charge in [-0.05, 0) is 80.5 Å². The summed E-state index contributed by atoms with van der Waals surface area (Å²) in [7, 11) is 0. The maximum absolute atomic E-state index is 12.8. The molecule has 8 atom stereocenters. The van der Waals surface area contributed by atoms with Gasteiger partial charge in [0.05, 0.1) is 12.7 Å². The third-order valence-electron chi connectivity index (χ3n) is 8.72. The van der Waals surface area contributed by atoms with Crippen molar-refractivity contribution in [2.24, 2.45) is 40.4 Å². The molecule has 0 aromatic carbocycles. The minimum Gasteiger partial charge on any atom is -0.396 e. The maximum Gasteiger partial charge on any atom is 0.144 e. The van der Waals surface area contributed by atoms with E-state index in [0.717, 1.165) is 38.0 Å². The third kappa shape index (κ3) is 2.12. The molecule has 3 heteroatoms. The van der Waals surface area contributed by atoms with Gasteiger partial charge in [0, 0.05) is 11.3 Å². The molecule has 3 nitrogen and oxygen atoms in total. The molecule has 130 valence electrons. The zero-order valence-electron chi connectivity index (χ0n) is 14.6. The molecule has 4 aliphatic carbocycles. The lowest BCUT2D eigenvalue weighted by Crippen LogP contribution is -2.54. The van der Waals surface area contributed by atoms with Gasteiger partial charge in [-0.15, -0.1) is 0 Å². The number of aliphatic hydroxyl groups is 2. The largest absolute Gasteiger partial charge is 0.396 e. The molecule has 0 aromatic heterocycles. The van der Waals surface area contributed by atoms with Gasteiger partial charge in [0.15, 0.2) is 0 Å². The smallest absolute Gasteiger partial charge is 0.144 e. The molecule has 4 saturated carbocycles. The number of carbonyl (C=O) groups excluding carboxylic acids is 1. The van der Waals surface area contributed by atoms with Crippen molar-refractivity contribution in [2.45, 2.75) is 71.3 Å². The zero-order valence-corrected chi connectivity index (χ0v) is 14.6. The number of hydrogen-bond acceptors (Lipinski definition) is 3. The van der Waals surface area contributed by atoms with Gasteiger partial charge in [-0.25, -0.2) is 0 Å². The summed E-state index contributed by atoms with van der Waals surface area (Å²) in [5.74, 6) is 2.76. The minimum atomic E-state index is -0.175. The van der Waals surface area contributed by atoms with E-state index in [1.165, 1.54) is 19.3 Å². The van der Waals surface area contributed by atoms with Crippen LogP contribution < -0.4 is 0 Å². The van der Waals surface area contributed by atoms with Crippen molar-refractivity contribution < 1.29 is 15.0 Å². The van der Waals surface area contributed by atoms with E-state index in [4.69, 9.17) is 0 Å². The van der Waals surface area contributed by atoms with Crippen LogP contribution in [-0.4, -0.2) is 28.7 Å². The molecule has 0 unspecified atom stereocenters. The van der Waals surface area contributed by atoms with Gasteiger partial charge in [0.25, 0.3) is 0 Å². The number of carbonyl (C=O) groups is 1. The van der Waals surface area contributed by atoms with Crippen molar-refractivity contribution in [3.8, 4) is 0 Å². The lowest BCUT2D eigenvalue weighted by atomic mass is 9.45. The van der Waals surface area contributed by atoms with Crippen LogP contribution in [0.15, 0.2) is 0 Å². The van der Waals surface area contributed by atoms with Crippen LogP contribution in [0.4, 0.5) is 0 Å². The Hall–Kier alpha value is -0.410. The number of fused-ring (bicyclic) bond motifs is 5. The van der Waals surface area contributed by atoms with Gasteiger partial charge in [0.2, 0.25) is 0 Å². The van der Waals surface area contributed by atoms with Crippen LogP contribution >= 0.6 is 0 Å². The Kier molecular flexibility index (Phi) is 3.70. The van der Waals surface area contributed by atoms with Crippen LogP contribution in [0.25, 0.3) is 0 Å². The average molecular weight is 320 g/mol. The Labute approximate surface area is 139 Å². The molecule has 23 heavy (non-hydrogen) atoms. The van der Waals surface area contributed by atoms with Crippen molar-refractivity contribution in [1.29, 1.82) is 0 Å². The third-order valence-corrected chi connectivity index (χ3v) is 8.72. The van der Waals surface area contributed by atoms with E-state index in [1.54, 1.807) is 0 Å². The average Bonchev–Trinajstić information content (AvgIpc) is 2.79. The molecule has 0 radical (unpaired) electrons. The summed E-state index contributed by atoms with van der Waals surface area (Å²) in [4.78, 5) is 12.8. The predicted molar refractivity (Wildman–Crippen MR) is 88.7 cm³/mol. The molecule has 2 N–H and O–H groups in total. The predicted octanol–water partition coefficient (Wildman–Crippen LogP) is 3.18. The Balaban J connectivity index is 1.63. The summed E-state index contributed by atoms with van der Waals surface area (Å²) in [6, 6.07) is 0. The standard InChI is InChI=1S/C20H32O3/c1-19-7-5-14(22)10-13(19)3-4-15-16(19)6-8-20(2)17(15)9-12(11-21)18(20)23/h12-17,21-22H,3-11H2,1-2H3/t12-,13-,14-,15-,16+,17+,19+,20+/m1/s1. The van der Waals surface area contributed by atoms with Gasteiger partial charge in [-0.1, -0.05) is 13.8 Å². The molecule has 4 fully saturated rings. The van der Waals surface area contributed by atoms with Crippen molar-refractivity contribution in [3.05, 3.63) is 0 Å². The van der Waals surface area contributed by atoms with E-state index in [0.29, 0.717) is 29.0 Å². The van der Waals surface area contributed by atoms with Gasteiger partial charge in [0.1, 0.15) is 5.78 Å². The summed E-state index contributed by atoms with van der Waals surface area (Å²) in [6.07, 6.45) is 8.55. The first kappa shape index (κ1) is 16.1. The Morgan fingerprint density at radius 2 is 1.83 bits per heavy atom. The number of aliphatic hydroxyl groups excluding tert-OH is 2. The van der Waals surface area contributed by atoms with Gasteiger partial charge < -0.3 is 10.2 Å². The molecule has 4 aliphatic rings. The first-order valence-electron chi connectivity index (χ1n) is 9.73. The van der Waals surface area contributed by atoms with Crippen molar-refractivity contribution >= 4 is 5.78 Å². The molecule has 0 bridgehead atoms. The summed E-state index contributed by atoms with van der Waals surface area (Å²) in [5.41, 5.74) is 0.190. The van der Waals surface area contributed by atoms with E-state index in [9.17, 15) is 15.0 Å². The highest BCUT2D eigenvalue weighted by molar-refractivity contribution is 5.89. The molecular weight excluding hydrogens is 288 g/mol. The van der Waals surface area contributed by atoms with Crippen LogP contribution in [0, 0.1) is 40.4 Å². The quantitative estimate of drug-likeness (QED) is 0.780. The Morgan fingerprint density at radius 1 is 1.04 bits per heavy atom. The number of hydrogen-bond donors (Lipinski definition) is 2. The van der Waals surface area contributed by atoms with E-state index >= 15 is 0 Å². The lowest BCUT2D eigenvalue weighted by molar-refractivity contribution is -0.143. The second-order valence-electron chi connectivity index (χ2n) is 9.52. The first-order chi connectivity index (χ1) is 10.9. The number of Topliss-reactive ketones (excluding diaryl/α,β-unsaturated/α-hetero) is 1. The molecule has 0 amide bonds.